The summed E-state index contributed by atoms with van der Waals surface area (Å²) in [5.41, 5.74) is 1.17. The zero-order valence-corrected chi connectivity index (χ0v) is 11.8. The zero-order valence-electron chi connectivity index (χ0n) is 11.1. The molecular weight excluding hydrogens is 276 g/mol. The highest BCUT2D eigenvalue weighted by Gasteiger charge is 2.44. The van der Waals surface area contributed by atoms with E-state index < -0.39 is 0 Å². The Morgan fingerprint density at radius 2 is 2.05 bits per heavy atom. The van der Waals surface area contributed by atoms with Crippen molar-refractivity contribution in [3.05, 3.63) is 34.9 Å². The van der Waals surface area contributed by atoms with E-state index in [4.69, 9.17) is 11.6 Å². The van der Waals surface area contributed by atoms with Crippen molar-refractivity contribution in [2.75, 3.05) is 6.54 Å². The second-order valence-electron chi connectivity index (χ2n) is 5.55. The molecule has 20 heavy (non-hydrogen) atoms. The van der Waals surface area contributed by atoms with Gasteiger partial charge in [-0.15, -0.1) is 0 Å². The molecule has 0 spiro atoms. The van der Waals surface area contributed by atoms with Gasteiger partial charge in [0.1, 0.15) is 0 Å². The second-order valence-corrected chi connectivity index (χ2v) is 5.98. The number of amides is 2. The zero-order chi connectivity index (χ0) is 14.1. The van der Waals surface area contributed by atoms with Crippen molar-refractivity contribution in [3.63, 3.8) is 0 Å². The van der Waals surface area contributed by atoms with Crippen LogP contribution in [0.1, 0.15) is 30.7 Å². The lowest BCUT2D eigenvalue weighted by molar-refractivity contribution is -0.126. The number of piperidine rings is 1. The molecule has 1 aliphatic carbocycles. The molecule has 2 aliphatic rings. The van der Waals surface area contributed by atoms with Crippen LogP contribution < -0.4 is 10.6 Å². The van der Waals surface area contributed by atoms with E-state index in [0.717, 1.165) is 12.8 Å². The molecule has 5 heteroatoms. The van der Waals surface area contributed by atoms with Crippen LogP contribution in [0.3, 0.4) is 0 Å². The first-order valence-corrected chi connectivity index (χ1v) is 7.34. The minimum atomic E-state index is 0.0637. The van der Waals surface area contributed by atoms with Crippen molar-refractivity contribution >= 4 is 23.4 Å². The van der Waals surface area contributed by atoms with E-state index in [9.17, 15) is 9.59 Å². The van der Waals surface area contributed by atoms with Gasteiger partial charge in [0.15, 0.2) is 0 Å². The SMILES string of the molecule is O=C1CC[C@H](NC(=O)[C@H]2C[C@H]2c2ccc(Cl)cc2)CN1. The minimum Gasteiger partial charge on any atom is -0.354 e. The number of nitrogens with one attached hydrogen (secondary N) is 2. The van der Waals surface area contributed by atoms with E-state index in [0.29, 0.717) is 23.9 Å². The maximum atomic E-state index is 12.2. The summed E-state index contributed by atoms with van der Waals surface area (Å²) in [7, 11) is 0. The lowest BCUT2D eigenvalue weighted by Crippen LogP contribution is -2.48. The monoisotopic (exact) mass is 292 g/mol. The molecule has 0 bridgehead atoms. The van der Waals surface area contributed by atoms with Gasteiger partial charge in [0.2, 0.25) is 11.8 Å². The van der Waals surface area contributed by atoms with E-state index >= 15 is 0 Å². The Kier molecular flexibility index (Phi) is 3.66. The molecule has 1 aromatic rings. The Labute approximate surface area is 122 Å². The van der Waals surface area contributed by atoms with Gasteiger partial charge in [-0.25, -0.2) is 0 Å². The quantitative estimate of drug-likeness (QED) is 0.893. The van der Waals surface area contributed by atoms with Crippen LogP contribution >= 0.6 is 11.6 Å². The molecule has 1 saturated heterocycles. The highest BCUT2D eigenvalue weighted by molar-refractivity contribution is 6.30. The summed E-state index contributed by atoms with van der Waals surface area (Å²) in [6.07, 6.45) is 2.12. The van der Waals surface area contributed by atoms with Gasteiger partial charge < -0.3 is 10.6 Å². The molecule has 3 atom stereocenters. The summed E-state index contributed by atoms with van der Waals surface area (Å²) >= 11 is 5.86. The Hall–Kier alpha value is -1.55. The van der Waals surface area contributed by atoms with Gasteiger partial charge in [0, 0.05) is 29.9 Å². The highest BCUT2D eigenvalue weighted by atomic mass is 35.5. The molecule has 0 unspecified atom stereocenters. The Balaban J connectivity index is 1.52. The maximum absolute atomic E-state index is 12.2. The normalized spacial score (nSPS) is 28.6. The lowest BCUT2D eigenvalue weighted by Gasteiger charge is -2.23. The van der Waals surface area contributed by atoms with Crippen molar-refractivity contribution in [1.82, 2.24) is 10.6 Å². The number of benzene rings is 1. The molecule has 1 aromatic carbocycles. The number of carbonyl (C=O) groups excluding carboxylic acids is 2. The molecule has 1 saturated carbocycles. The van der Waals surface area contributed by atoms with E-state index in [1.54, 1.807) is 0 Å². The van der Waals surface area contributed by atoms with Crippen LogP contribution in [-0.4, -0.2) is 24.4 Å². The van der Waals surface area contributed by atoms with Gasteiger partial charge in [-0.1, -0.05) is 23.7 Å². The third kappa shape index (κ3) is 2.96. The average Bonchev–Trinajstić information content (AvgIpc) is 3.23. The predicted octanol–water partition coefficient (Wildman–Crippen LogP) is 1.84. The molecule has 0 aromatic heterocycles. The summed E-state index contributed by atoms with van der Waals surface area (Å²) in [6.45, 7) is 0.545. The number of hydrogen-bond acceptors (Lipinski definition) is 2. The van der Waals surface area contributed by atoms with Crippen LogP contribution in [0.2, 0.25) is 5.02 Å². The van der Waals surface area contributed by atoms with Gasteiger partial charge in [0.25, 0.3) is 0 Å². The fourth-order valence-electron chi connectivity index (χ4n) is 2.73. The topological polar surface area (TPSA) is 58.2 Å². The van der Waals surface area contributed by atoms with Crippen LogP contribution in [0.15, 0.2) is 24.3 Å². The molecule has 3 rings (SSSR count). The van der Waals surface area contributed by atoms with Gasteiger partial charge in [-0.3, -0.25) is 9.59 Å². The van der Waals surface area contributed by atoms with Crippen molar-refractivity contribution in [3.8, 4) is 0 Å². The third-order valence-corrected chi connectivity index (χ3v) is 4.29. The smallest absolute Gasteiger partial charge is 0.224 e. The molecule has 1 heterocycles. The molecule has 4 nitrogen and oxygen atoms in total. The molecule has 1 aliphatic heterocycles. The predicted molar refractivity (Wildman–Crippen MR) is 76.5 cm³/mol. The van der Waals surface area contributed by atoms with E-state index in [2.05, 4.69) is 10.6 Å². The summed E-state index contributed by atoms with van der Waals surface area (Å²) in [5, 5.41) is 6.53. The Morgan fingerprint density at radius 1 is 1.30 bits per heavy atom. The van der Waals surface area contributed by atoms with Crippen LogP contribution in [0, 0.1) is 5.92 Å². The standard InChI is InChI=1S/C15H17ClN2O2/c16-10-3-1-9(2-4-10)12-7-13(12)15(20)18-11-5-6-14(19)17-8-11/h1-4,11-13H,5-8H2,(H,17,19)(H,18,20)/t11-,12-,13-/m0/s1. The van der Waals surface area contributed by atoms with Gasteiger partial charge in [0.05, 0.1) is 0 Å². The van der Waals surface area contributed by atoms with E-state index in [1.165, 1.54) is 5.56 Å². The molecule has 106 valence electrons. The van der Waals surface area contributed by atoms with Gasteiger partial charge in [-0.05, 0) is 36.5 Å². The maximum Gasteiger partial charge on any atom is 0.224 e. The minimum absolute atomic E-state index is 0.0637. The Bertz CT molecular complexity index is 519. The first-order valence-electron chi connectivity index (χ1n) is 6.96. The number of carbonyl (C=O) groups is 2. The van der Waals surface area contributed by atoms with E-state index in [1.807, 2.05) is 24.3 Å². The summed E-state index contributed by atoms with van der Waals surface area (Å²) < 4.78 is 0. The lowest BCUT2D eigenvalue weighted by atomic mass is 10.1. The summed E-state index contributed by atoms with van der Waals surface area (Å²) in [5.74, 6) is 0.548. The average molecular weight is 293 g/mol. The van der Waals surface area contributed by atoms with Crippen molar-refractivity contribution < 1.29 is 9.59 Å². The van der Waals surface area contributed by atoms with Crippen LogP contribution in [-0.2, 0) is 9.59 Å². The van der Waals surface area contributed by atoms with Crippen LogP contribution in [0.4, 0.5) is 0 Å². The third-order valence-electron chi connectivity index (χ3n) is 4.04. The largest absolute Gasteiger partial charge is 0.354 e. The van der Waals surface area contributed by atoms with Crippen molar-refractivity contribution in [2.45, 2.75) is 31.2 Å². The second kappa shape index (κ2) is 5.44. The van der Waals surface area contributed by atoms with E-state index in [-0.39, 0.29) is 23.8 Å². The summed E-state index contributed by atoms with van der Waals surface area (Å²) in [6, 6.07) is 7.77. The molecule has 0 radical (unpaired) electrons. The van der Waals surface area contributed by atoms with Crippen LogP contribution in [0.25, 0.3) is 0 Å². The molecule has 2 N–H and O–H groups in total. The Morgan fingerprint density at radius 3 is 2.70 bits per heavy atom. The highest BCUT2D eigenvalue weighted by Crippen LogP contribution is 2.47. The van der Waals surface area contributed by atoms with Crippen LogP contribution in [0.5, 0.6) is 0 Å². The first kappa shape index (κ1) is 13.4. The fourth-order valence-corrected chi connectivity index (χ4v) is 2.85. The number of halogens is 1. The van der Waals surface area contributed by atoms with Gasteiger partial charge >= 0.3 is 0 Å². The van der Waals surface area contributed by atoms with Crippen molar-refractivity contribution in [2.24, 2.45) is 5.92 Å². The molecule has 2 amide bonds. The number of hydrogen-bond donors (Lipinski definition) is 2. The fraction of sp³-hybridized carbons (Fsp3) is 0.467. The van der Waals surface area contributed by atoms with Crippen molar-refractivity contribution in [1.29, 1.82) is 0 Å². The van der Waals surface area contributed by atoms with Gasteiger partial charge in [-0.2, -0.15) is 0 Å². The number of rotatable bonds is 3. The first-order chi connectivity index (χ1) is 9.63. The molecule has 2 fully saturated rings. The summed E-state index contributed by atoms with van der Waals surface area (Å²) in [4.78, 5) is 23.2. The molecular formula is C15H17ClN2O2.